The standard InChI is InChI=1S/C10H6Br2OS/c11-4-8-9(12)7(5-13)3-6-1-2-14-10(6)8/h1-3,5H,4H2. The number of alkyl halides is 1. The average molecular weight is 334 g/mol. The van der Waals surface area contributed by atoms with Crippen molar-refractivity contribution in [3.05, 3.63) is 33.1 Å². The zero-order valence-electron chi connectivity index (χ0n) is 7.09. The van der Waals surface area contributed by atoms with Crippen LogP contribution in [-0.2, 0) is 5.33 Å². The van der Waals surface area contributed by atoms with Gasteiger partial charge in [-0.1, -0.05) is 15.9 Å². The SMILES string of the molecule is O=Cc1cc2ccsc2c(CBr)c1Br. The summed E-state index contributed by atoms with van der Waals surface area (Å²) < 4.78 is 2.14. The van der Waals surface area contributed by atoms with Crippen LogP contribution in [0, 0.1) is 0 Å². The molecule has 0 fully saturated rings. The van der Waals surface area contributed by atoms with Crippen LogP contribution in [0.3, 0.4) is 0 Å². The Hall–Kier alpha value is -0.190. The molecule has 14 heavy (non-hydrogen) atoms. The van der Waals surface area contributed by atoms with E-state index in [9.17, 15) is 4.79 Å². The summed E-state index contributed by atoms with van der Waals surface area (Å²) in [5.41, 5.74) is 1.87. The Morgan fingerprint density at radius 1 is 1.50 bits per heavy atom. The molecule has 1 aromatic heterocycles. The van der Waals surface area contributed by atoms with Crippen molar-refractivity contribution < 1.29 is 4.79 Å². The Morgan fingerprint density at radius 2 is 2.29 bits per heavy atom. The summed E-state index contributed by atoms with van der Waals surface area (Å²) in [6.45, 7) is 0. The molecule has 0 aliphatic heterocycles. The van der Waals surface area contributed by atoms with E-state index in [4.69, 9.17) is 0 Å². The van der Waals surface area contributed by atoms with Crippen LogP contribution in [0.25, 0.3) is 10.1 Å². The minimum Gasteiger partial charge on any atom is -0.298 e. The van der Waals surface area contributed by atoms with Crippen LogP contribution >= 0.6 is 43.2 Å². The summed E-state index contributed by atoms with van der Waals surface area (Å²) in [5, 5.41) is 3.93. The van der Waals surface area contributed by atoms with Crippen molar-refractivity contribution in [1.29, 1.82) is 0 Å². The first-order valence-electron chi connectivity index (χ1n) is 3.97. The Labute approximate surface area is 102 Å². The maximum Gasteiger partial charge on any atom is 0.151 e. The van der Waals surface area contributed by atoms with Gasteiger partial charge in [-0.2, -0.15) is 0 Å². The van der Waals surface area contributed by atoms with Crippen LogP contribution in [0.2, 0.25) is 0 Å². The maximum atomic E-state index is 10.8. The molecule has 0 aliphatic carbocycles. The molecule has 0 saturated carbocycles. The molecule has 2 aromatic rings. The minimum absolute atomic E-state index is 0.713. The Bertz CT molecular complexity index is 490. The summed E-state index contributed by atoms with van der Waals surface area (Å²) in [6, 6.07) is 3.95. The van der Waals surface area contributed by atoms with Crippen LogP contribution in [-0.4, -0.2) is 6.29 Å². The van der Waals surface area contributed by atoms with Gasteiger partial charge in [-0.3, -0.25) is 4.79 Å². The van der Waals surface area contributed by atoms with Gasteiger partial charge in [-0.05, 0) is 44.4 Å². The van der Waals surface area contributed by atoms with E-state index in [0.717, 1.165) is 27.0 Å². The number of rotatable bonds is 2. The van der Waals surface area contributed by atoms with E-state index < -0.39 is 0 Å². The van der Waals surface area contributed by atoms with Gasteiger partial charge in [0.15, 0.2) is 6.29 Å². The van der Waals surface area contributed by atoms with Crippen LogP contribution < -0.4 is 0 Å². The van der Waals surface area contributed by atoms with E-state index >= 15 is 0 Å². The van der Waals surface area contributed by atoms with Crippen molar-refractivity contribution in [2.24, 2.45) is 0 Å². The number of carbonyl (C=O) groups is 1. The second-order valence-electron chi connectivity index (χ2n) is 2.85. The summed E-state index contributed by atoms with van der Waals surface area (Å²) >= 11 is 8.59. The van der Waals surface area contributed by atoms with Crippen molar-refractivity contribution in [3.63, 3.8) is 0 Å². The summed E-state index contributed by atoms with van der Waals surface area (Å²) in [6.07, 6.45) is 0.882. The van der Waals surface area contributed by atoms with Crippen molar-refractivity contribution >= 4 is 59.6 Å². The van der Waals surface area contributed by atoms with Gasteiger partial charge in [0, 0.05) is 20.1 Å². The summed E-state index contributed by atoms with van der Waals surface area (Å²) in [5.74, 6) is 0. The van der Waals surface area contributed by atoms with E-state index in [-0.39, 0.29) is 0 Å². The quantitative estimate of drug-likeness (QED) is 0.589. The molecule has 0 radical (unpaired) electrons. The molecule has 1 nitrogen and oxygen atoms in total. The monoisotopic (exact) mass is 332 g/mol. The van der Waals surface area contributed by atoms with Gasteiger partial charge < -0.3 is 0 Å². The smallest absolute Gasteiger partial charge is 0.151 e. The molecule has 4 heteroatoms. The third-order valence-electron chi connectivity index (χ3n) is 2.06. The predicted molar refractivity (Wildman–Crippen MR) is 67.5 cm³/mol. The van der Waals surface area contributed by atoms with Crippen molar-refractivity contribution in [3.8, 4) is 0 Å². The third-order valence-corrected chi connectivity index (χ3v) is 4.55. The molecule has 0 aliphatic rings. The normalized spacial score (nSPS) is 10.7. The van der Waals surface area contributed by atoms with Crippen molar-refractivity contribution in [1.82, 2.24) is 0 Å². The number of hydrogen-bond donors (Lipinski definition) is 0. The van der Waals surface area contributed by atoms with Gasteiger partial charge in [0.2, 0.25) is 0 Å². The fourth-order valence-electron chi connectivity index (χ4n) is 1.39. The highest BCUT2D eigenvalue weighted by Gasteiger charge is 2.10. The molecule has 0 atom stereocenters. The molecule has 0 unspecified atom stereocenters. The fourth-order valence-corrected chi connectivity index (χ4v) is 4.12. The predicted octanol–water partition coefficient (Wildman–Crippen LogP) is 4.37. The molecule has 72 valence electrons. The van der Waals surface area contributed by atoms with Gasteiger partial charge >= 0.3 is 0 Å². The Balaban J connectivity index is 2.87. The lowest BCUT2D eigenvalue weighted by molar-refractivity contribution is 0.112. The van der Waals surface area contributed by atoms with Crippen LogP contribution in [0.4, 0.5) is 0 Å². The zero-order chi connectivity index (χ0) is 10.1. The van der Waals surface area contributed by atoms with E-state index in [1.807, 2.05) is 17.5 Å². The van der Waals surface area contributed by atoms with Crippen LogP contribution in [0.1, 0.15) is 15.9 Å². The highest BCUT2D eigenvalue weighted by Crippen LogP contribution is 2.34. The van der Waals surface area contributed by atoms with Gasteiger partial charge in [-0.25, -0.2) is 0 Å². The highest BCUT2D eigenvalue weighted by molar-refractivity contribution is 9.10. The topological polar surface area (TPSA) is 17.1 Å². The van der Waals surface area contributed by atoms with E-state index in [0.29, 0.717) is 5.56 Å². The van der Waals surface area contributed by atoms with Gasteiger partial charge in [0.05, 0.1) is 0 Å². The average Bonchev–Trinajstić information content (AvgIpc) is 2.64. The number of fused-ring (bicyclic) bond motifs is 1. The third kappa shape index (κ3) is 1.55. The number of benzene rings is 1. The Kier molecular flexibility index (Phi) is 3.04. The molecule has 1 heterocycles. The molecule has 2 rings (SSSR count). The van der Waals surface area contributed by atoms with E-state index in [1.54, 1.807) is 11.3 Å². The van der Waals surface area contributed by atoms with Gasteiger partial charge in [0.25, 0.3) is 0 Å². The second kappa shape index (κ2) is 4.13. The molecular formula is C10H6Br2OS. The molecule has 0 amide bonds. The highest BCUT2D eigenvalue weighted by atomic mass is 79.9. The van der Waals surface area contributed by atoms with E-state index in [1.165, 1.54) is 4.70 Å². The summed E-state index contributed by atoms with van der Waals surface area (Å²) in [7, 11) is 0. The van der Waals surface area contributed by atoms with Gasteiger partial charge in [0.1, 0.15) is 0 Å². The number of hydrogen-bond acceptors (Lipinski definition) is 2. The number of thiophene rings is 1. The lowest BCUT2D eigenvalue weighted by Gasteiger charge is -2.04. The lowest BCUT2D eigenvalue weighted by Crippen LogP contribution is -1.88. The Morgan fingerprint density at radius 3 is 2.93 bits per heavy atom. The lowest BCUT2D eigenvalue weighted by atomic mass is 10.1. The number of carbonyl (C=O) groups excluding carboxylic acids is 1. The zero-order valence-corrected chi connectivity index (χ0v) is 11.1. The first kappa shape index (κ1) is 10.3. The molecule has 0 N–H and O–H groups in total. The van der Waals surface area contributed by atoms with Crippen LogP contribution in [0.5, 0.6) is 0 Å². The largest absolute Gasteiger partial charge is 0.298 e. The molecular weight excluding hydrogens is 328 g/mol. The second-order valence-corrected chi connectivity index (χ2v) is 5.12. The fraction of sp³-hybridized carbons (Fsp3) is 0.100. The first-order chi connectivity index (χ1) is 6.77. The number of aldehydes is 1. The van der Waals surface area contributed by atoms with Crippen molar-refractivity contribution in [2.75, 3.05) is 0 Å². The molecule has 1 aromatic carbocycles. The van der Waals surface area contributed by atoms with Crippen LogP contribution in [0.15, 0.2) is 22.0 Å². The number of halogens is 2. The molecule has 0 bridgehead atoms. The maximum absolute atomic E-state index is 10.8. The van der Waals surface area contributed by atoms with E-state index in [2.05, 4.69) is 31.9 Å². The van der Waals surface area contributed by atoms with Crippen molar-refractivity contribution in [2.45, 2.75) is 5.33 Å². The first-order valence-corrected chi connectivity index (χ1v) is 6.77. The molecule has 0 saturated heterocycles. The minimum atomic E-state index is 0.713. The van der Waals surface area contributed by atoms with Gasteiger partial charge in [-0.15, -0.1) is 11.3 Å². The summed E-state index contributed by atoms with van der Waals surface area (Å²) in [4.78, 5) is 10.8. The molecule has 0 spiro atoms.